The van der Waals surface area contributed by atoms with Crippen molar-refractivity contribution in [2.75, 3.05) is 19.6 Å². The summed E-state index contributed by atoms with van der Waals surface area (Å²) in [6.45, 7) is 3.39. The number of nitrogens with zero attached hydrogens (tertiary/aromatic N) is 2. The molecule has 3 fully saturated rings. The fourth-order valence-electron chi connectivity index (χ4n) is 4.79. The number of hydrogen-bond acceptors (Lipinski definition) is 4. The van der Waals surface area contributed by atoms with Crippen molar-refractivity contribution in [3.8, 4) is 0 Å². The summed E-state index contributed by atoms with van der Waals surface area (Å²) in [7, 11) is 0. The first-order valence-electron chi connectivity index (χ1n) is 11.1. The highest BCUT2D eigenvalue weighted by Gasteiger charge is 2.46. The van der Waals surface area contributed by atoms with Crippen LogP contribution >= 0.6 is 0 Å². The second-order valence-electron chi connectivity index (χ2n) is 8.65. The van der Waals surface area contributed by atoms with Crippen LogP contribution in [-0.4, -0.2) is 65.3 Å². The lowest BCUT2D eigenvalue weighted by molar-refractivity contribution is -0.160. The first-order valence-corrected chi connectivity index (χ1v) is 11.1. The molecule has 4 rings (SSSR count). The van der Waals surface area contributed by atoms with Crippen molar-refractivity contribution in [2.24, 2.45) is 5.92 Å². The second kappa shape index (κ2) is 9.16. The van der Waals surface area contributed by atoms with Gasteiger partial charge < -0.3 is 19.9 Å². The zero-order chi connectivity index (χ0) is 21.1. The van der Waals surface area contributed by atoms with Gasteiger partial charge in [0.15, 0.2) is 0 Å². The molecule has 3 aliphatic rings. The molecule has 3 amide bonds. The van der Waals surface area contributed by atoms with Crippen molar-refractivity contribution >= 4 is 17.7 Å². The Bertz CT molecular complexity index is 778. The van der Waals surface area contributed by atoms with E-state index in [0.29, 0.717) is 26.2 Å². The zero-order valence-electron chi connectivity index (χ0n) is 17.6. The lowest BCUT2D eigenvalue weighted by Gasteiger charge is -2.46. The first-order chi connectivity index (χ1) is 14.5. The third-order valence-corrected chi connectivity index (χ3v) is 6.62. The third kappa shape index (κ3) is 4.36. The maximum atomic E-state index is 13.1. The molecule has 7 nitrogen and oxygen atoms in total. The maximum absolute atomic E-state index is 13.1. The molecule has 2 aliphatic heterocycles. The number of fused-ring (bicyclic) bond motifs is 1. The monoisotopic (exact) mass is 413 g/mol. The van der Waals surface area contributed by atoms with Gasteiger partial charge in [-0.2, -0.15) is 0 Å². The predicted molar refractivity (Wildman–Crippen MR) is 111 cm³/mol. The van der Waals surface area contributed by atoms with Crippen molar-refractivity contribution in [3.05, 3.63) is 35.9 Å². The minimum atomic E-state index is -0.696. The first kappa shape index (κ1) is 20.8. The number of carbonyl (C=O) groups excluding carboxylic acids is 3. The van der Waals surface area contributed by atoms with Crippen molar-refractivity contribution in [2.45, 2.75) is 63.8 Å². The number of ether oxygens (including phenoxy) is 1. The molecule has 0 bridgehead atoms. The Morgan fingerprint density at radius 2 is 1.87 bits per heavy atom. The molecule has 3 atom stereocenters. The van der Waals surface area contributed by atoms with Crippen LogP contribution in [0.4, 0.5) is 0 Å². The minimum absolute atomic E-state index is 0.0758. The number of hydrogen-bond donors (Lipinski definition) is 1. The molecule has 162 valence electrons. The van der Waals surface area contributed by atoms with Gasteiger partial charge in [-0.15, -0.1) is 0 Å². The molecule has 30 heavy (non-hydrogen) atoms. The molecule has 1 aromatic rings. The van der Waals surface area contributed by atoms with E-state index >= 15 is 0 Å². The average Bonchev–Trinajstić information content (AvgIpc) is 2.80. The topological polar surface area (TPSA) is 79.0 Å². The highest BCUT2D eigenvalue weighted by atomic mass is 16.5. The van der Waals surface area contributed by atoms with Crippen LogP contribution in [0.5, 0.6) is 0 Å². The molecule has 2 saturated heterocycles. The van der Waals surface area contributed by atoms with E-state index in [9.17, 15) is 14.4 Å². The van der Waals surface area contributed by atoms with E-state index in [2.05, 4.69) is 5.32 Å². The van der Waals surface area contributed by atoms with Crippen molar-refractivity contribution < 1.29 is 19.1 Å². The Hall–Kier alpha value is -2.41. The van der Waals surface area contributed by atoms with Crippen molar-refractivity contribution in [1.82, 2.24) is 15.1 Å². The molecule has 1 aliphatic carbocycles. The van der Waals surface area contributed by atoms with Gasteiger partial charge in [-0.3, -0.25) is 14.4 Å². The van der Waals surface area contributed by atoms with E-state index in [-0.39, 0.29) is 23.6 Å². The quantitative estimate of drug-likeness (QED) is 0.797. The summed E-state index contributed by atoms with van der Waals surface area (Å²) in [6.07, 6.45) is 4.83. The molecule has 0 spiro atoms. The van der Waals surface area contributed by atoms with E-state index in [1.165, 1.54) is 6.42 Å². The summed E-state index contributed by atoms with van der Waals surface area (Å²) >= 11 is 0. The van der Waals surface area contributed by atoms with Gasteiger partial charge in [0.1, 0.15) is 12.1 Å². The highest BCUT2D eigenvalue weighted by Crippen LogP contribution is 2.27. The summed E-state index contributed by atoms with van der Waals surface area (Å²) in [5, 5.41) is 2.85. The Morgan fingerprint density at radius 1 is 1.13 bits per heavy atom. The fourth-order valence-corrected chi connectivity index (χ4v) is 4.79. The third-order valence-electron chi connectivity index (χ3n) is 6.62. The van der Waals surface area contributed by atoms with E-state index < -0.39 is 18.2 Å². The van der Waals surface area contributed by atoms with Crippen LogP contribution < -0.4 is 5.32 Å². The smallest absolute Gasteiger partial charge is 0.248 e. The molecule has 3 unspecified atom stereocenters. The number of rotatable bonds is 5. The van der Waals surface area contributed by atoms with Crippen molar-refractivity contribution in [3.63, 3.8) is 0 Å². The van der Waals surface area contributed by atoms with Gasteiger partial charge in [0.25, 0.3) is 0 Å². The zero-order valence-corrected chi connectivity index (χ0v) is 17.6. The molecule has 1 aromatic carbocycles. The van der Waals surface area contributed by atoms with Gasteiger partial charge in [-0.1, -0.05) is 49.6 Å². The Balaban J connectivity index is 1.36. The molecule has 0 radical (unpaired) electrons. The standard InChI is InChI=1S/C23H31N3O4/c1-16(30-15-17-8-4-2-5-9-17)20-23(29)26-13-12-25(14-19(26)21(27)24-20)22(28)18-10-6-3-7-11-18/h2,4-5,8-9,16,18-20H,3,6-7,10-15H2,1H3,(H,24,27). The van der Waals surface area contributed by atoms with Gasteiger partial charge in [-0.05, 0) is 25.3 Å². The summed E-state index contributed by atoms with van der Waals surface area (Å²) in [5.41, 5.74) is 1.02. The van der Waals surface area contributed by atoms with Gasteiger partial charge in [0.2, 0.25) is 17.7 Å². The van der Waals surface area contributed by atoms with Crippen molar-refractivity contribution in [1.29, 1.82) is 0 Å². The summed E-state index contributed by atoms with van der Waals surface area (Å²) in [5.74, 6) is -0.0936. The average molecular weight is 414 g/mol. The van der Waals surface area contributed by atoms with Crippen LogP contribution in [0, 0.1) is 5.92 Å². The van der Waals surface area contributed by atoms with Crippen LogP contribution in [0.2, 0.25) is 0 Å². The second-order valence-corrected chi connectivity index (χ2v) is 8.65. The minimum Gasteiger partial charge on any atom is -0.371 e. The number of amides is 3. The molecule has 0 aromatic heterocycles. The van der Waals surface area contributed by atoms with E-state index in [0.717, 1.165) is 31.2 Å². The molecular formula is C23H31N3O4. The van der Waals surface area contributed by atoms with Crippen LogP contribution in [0.25, 0.3) is 0 Å². The largest absolute Gasteiger partial charge is 0.371 e. The van der Waals surface area contributed by atoms with E-state index in [1.54, 1.807) is 9.80 Å². The maximum Gasteiger partial charge on any atom is 0.248 e. The van der Waals surface area contributed by atoms with Crippen LogP contribution in [0.1, 0.15) is 44.6 Å². The predicted octanol–water partition coefficient (Wildman–Crippen LogP) is 1.71. The van der Waals surface area contributed by atoms with Crippen LogP contribution in [-0.2, 0) is 25.7 Å². The number of piperazine rings is 2. The van der Waals surface area contributed by atoms with E-state index in [4.69, 9.17) is 4.74 Å². The fraction of sp³-hybridized carbons (Fsp3) is 0.609. The Kier molecular flexibility index (Phi) is 6.37. The Morgan fingerprint density at radius 3 is 2.60 bits per heavy atom. The van der Waals surface area contributed by atoms with Gasteiger partial charge in [-0.25, -0.2) is 0 Å². The number of carbonyl (C=O) groups is 3. The molecule has 2 heterocycles. The van der Waals surface area contributed by atoms with Gasteiger partial charge in [0.05, 0.1) is 19.3 Å². The van der Waals surface area contributed by atoms with Gasteiger partial charge in [0, 0.05) is 19.0 Å². The van der Waals surface area contributed by atoms with E-state index in [1.807, 2.05) is 37.3 Å². The number of nitrogens with one attached hydrogen (secondary N) is 1. The molecular weight excluding hydrogens is 382 g/mol. The normalized spacial score (nSPS) is 26.2. The molecule has 1 N–H and O–H groups in total. The highest BCUT2D eigenvalue weighted by molar-refractivity contribution is 5.98. The Labute approximate surface area is 177 Å². The molecule has 1 saturated carbocycles. The molecule has 7 heteroatoms. The summed E-state index contributed by atoms with van der Waals surface area (Å²) in [4.78, 5) is 42.2. The number of benzene rings is 1. The van der Waals surface area contributed by atoms with Crippen LogP contribution in [0.3, 0.4) is 0 Å². The summed E-state index contributed by atoms with van der Waals surface area (Å²) in [6, 6.07) is 8.45. The lowest BCUT2D eigenvalue weighted by Crippen LogP contribution is -2.71. The SMILES string of the molecule is CC(OCc1ccccc1)C1NC(=O)C2CN(C(=O)C3CCCCC3)CCN2C1=O. The van der Waals surface area contributed by atoms with Gasteiger partial charge >= 0.3 is 0 Å². The van der Waals surface area contributed by atoms with Crippen LogP contribution in [0.15, 0.2) is 30.3 Å². The summed E-state index contributed by atoms with van der Waals surface area (Å²) < 4.78 is 5.88. The lowest BCUT2D eigenvalue weighted by atomic mass is 9.88.